The van der Waals surface area contributed by atoms with E-state index in [1.165, 1.54) is 0 Å². The van der Waals surface area contributed by atoms with E-state index in [0.717, 1.165) is 11.1 Å². The van der Waals surface area contributed by atoms with Crippen LogP contribution in [0, 0.1) is 25.4 Å². The Morgan fingerprint density at radius 2 is 1.85 bits per heavy atom. The molecular weight excluding hydrogens is 209 g/mol. The Hall–Kier alpha value is -0.910. The largest absolute Gasteiger partial charge is 0.386 e. The molecule has 0 spiro atoms. The molecule has 0 heterocycles. The molecule has 0 fully saturated rings. The Morgan fingerprint density at radius 1 is 1.23 bits per heavy atom. The highest BCUT2D eigenvalue weighted by molar-refractivity contribution is 6.43. The van der Waals surface area contributed by atoms with E-state index in [2.05, 4.69) is 0 Å². The second-order valence-corrected chi connectivity index (χ2v) is 3.42. The van der Waals surface area contributed by atoms with Crippen molar-refractivity contribution in [2.24, 2.45) is 0 Å². The van der Waals surface area contributed by atoms with Crippen molar-refractivity contribution in [3.8, 4) is 12.0 Å². The molecule has 68 valence electrons. The van der Waals surface area contributed by atoms with E-state index in [-0.39, 0.29) is 0 Å². The van der Waals surface area contributed by atoms with E-state index < -0.39 is 0 Å². The molecule has 0 aliphatic rings. The fraction of sp³-hybridized carbons (Fsp3) is 0.222. The van der Waals surface area contributed by atoms with Crippen LogP contribution < -0.4 is 4.74 Å². The van der Waals surface area contributed by atoms with Gasteiger partial charge in [-0.1, -0.05) is 29.3 Å². The van der Waals surface area contributed by atoms with Gasteiger partial charge in [0.1, 0.15) is 5.02 Å². The van der Waals surface area contributed by atoms with Gasteiger partial charge in [0.15, 0.2) is 5.75 Å². The first kappa shape index (κ1) is 10.2. The lowest BCUT2D eigenvalue weighted by Crippen LogP contribution is -1.90. The lowest BCUT2D eigenvalue weighted by molar-refractivity contribution is 0.503. The fourth-order valence-corrected chi connectivity index (χ4v) is 1.55. The molecule has 0 aliphatic carbocycles. The quantitative estimate of drug-likeness (QED) is 0.673. The van der Waals surface area contributed by atoms with Crippen LogP contribution in [0.4, 0.5) is 0 Å². The SMILES string of the molecule is Cc1cc(C)c(OC#N)c(Cl)c1Cl. The van der Waals surface area contributed by atoms with E-state index in [1.54, 1.807) is 6.26 Å². The number of halogens is 2. The number of nitrogens with zero attached hydrogens (tertiary/aromatic N) is 1. The summed E-state index contributed by atoms with van der Waals surface area (Å²) < 4.78 is 4.69. The van der Waals surface area contributed by atoms with Crippen molar-refractivity contribution in [1.29, 1.82) is 5.26 Å². The molecular formula is C9H7Cl2NO. The van der Waals surface area contributed by atoms with Gasteiger partial charge in [-0.15, -0.1) is 5.26 Å². The van der Waals surface area contributed by atoms with Crippen LogP contribution in [0.25, 0.3) is 0 Å². The van der Waals surface area contributed by atoms with Crippen LogP contribution in [-0.4, -0.2) is 0 Å². The van der Waals surface area contributed by atoms with Gasteiger partial charge in [-0.25, -0.2) is 0 Å². The number of hydrogen-bond donors (Lipinski definition) is 0. The van der Waals surface area contributed by atoms with Gasteiger partial charge in [0.05, 0.1) is 5.02 Å². The summed E-state index contributed by atoms with van der Waals surface area (Å²) in [6.07, 6.45) is 1.57. The molecule has 0 aromatic heterocycles. The summed E-state index contributed by atoms with van der Waals surface area (Å²) in [7, 11) is 0. The van der Waals surface area contributed by atoms with E-state index in [4.69, 9.17) is 33.2 Å². The highest BCUT2D eigenvalue weighted by atomic mass is 35.5. The monoisotopic (exact) mass is 215 g/mol. The van der Waals surface area contributed by atoms with Gasteiger partial charge in [-0.05, 0) is 25.0 Å². The minimum atomic E-state index is 0.292. The van der Waals surface area contributed by atoms with Gasteiger partial charge in [0.25, 0.3) is 6.26 Å². The second-order valence-electron chi connectivity index (χ2n) is 2.66. The molecule has 0 saturated heterocycles. The van der Waals surface area contributed by atoms with Crippen molar-refractivity contribution < 1.29 is 4.74 Å². The van der Waals surface area contributed by atoms with Crippen molar-refractivity contribution in [2.45, 2.75) is 13.8 Å². The second kappa shape index (κ2) is 3.87. The molecule has 4 heteroatoms. The van der Waals surface area contributed by atoms with Crippen LogP contribution in [-0.2, 0) is 0 Å². The molecule has 1 rings (SSSR count). The topological polar surface area (TPSA) is 33.0 Å². The first-order valence-electron chi connectivity index (χ1n) is 3.59. The molecule has 0 unspecified atom stereocenters. The fourth-order valence-electron chi connectivity index (χ4n) is 1.07. The van der Waals surface area contributed by atoms with E-state index in [9.17, 15) is 0 Å². The van der Waals surface area contributed by atoms with Gasteiger partial charge in [0, 0.05) is 0 Å². The average molecular weight is 216 g/mol. The van der Waals surface area contributed by atoms with Crippen LogP contribution in [0.5, 0.6) is 5.75 Å². The van der Waals surface area contributed by atoms with Crippen LogP contribution in [0.2, 0.25) is 10.0 Å². The van der Waals surface area contributed by atoms with Crippen molar-refractivity contribution >= 4 is 23.2 Å². The Kier molecular flexibility index (Phi) is 3.02. The molecule has 1 aromatic rings. The van der Waals surface area contributed by atoms with Crippen molar-refractivity contribution in [3.63, 3.8) is 0 Å². The van der Waals surface area contributed by atoms with Crippen LogP contribution in [0.15, 0.2) is 6.07 Å². The number of benzene rings is 1. The molecule has 0 atom stereocenters. The molecule has 0 N–H and O–H groups in total. The number of nitriles is 1. The van der Waals surface area contributed by atoms with Crippen LogP contribution in [0.1, 0.15) is 11.1 Å². The van der Waals surface area contributed by atoms with E-state index in [1.807, 2.05) is 19.9 Å². The summed E-state index contributed by atoms with van der Waals surface area (Å²) in [5.41, 5.74) is 1.67. The zero-order valence-corrected chi connectivity index (χ0v) is 8.70. The third-order valence-electron chi connectivity index (χ3n) is 1.68. The minimum absolute atomic E-state index is 0.292. The minimum Gasteiger partial charge on any atom is -0.386 e. The molecule has 0 radical (unpaired) electrons. The molecule has 0 bridgehead atoms. The van der Waals surface area contributed by atoms with Gasteiger partial charge in [-0.3, -0.25) is 0 Å². The maximum absolute atomic E-state index is 8.35. The maximum atomic E-state index is 8.35. The highest BCUT2D eigenvalue weighted by Gasteiger charge is 2.12. The van der Waals surface area contributed by atoms with E-state index >= 15 is 0 Å². The lowest BCUT2D eigenvalue weighted by Gasteiger charge is -2.07. The van der Waals surface area contributed by atoms with Gasteiger partial charge >= 0.3 is 0 Å². The molecule has 0 amide bonds. The normalized spacial score (nSPS) is 9.46. The predicted molar refractivity (Wildman–Crippen MR) is 52.2 cm³/mol. The van der Waals surface area contributed by atoms with Crippen molar-refractivity contribution in [2.75, 3.05) is 0 Å². The Bertz CT molecular complexity index is 382. The molecule has 0 saturated carbocycles. The summed E-state index contributed by atoms with van der Waals surface area (Å²) in [5.74, 6) is 0.333. The van der Waals surface area contributed by atoms with Crippen LogP contribution in [0.3, 0.4) is 0 Å². The van der Waals surface area contributed by atoms with Gasteiger partial charge < -0.3 is 4.74 Å². The lowest BCUT2D eigenvalue weighted by atomic mass is 10.1. The third-order valence-corrected chi connectivity index (χ3v) is 2.62. The Labute approximate surface area is 86.6 Å². The molecule has 2 nitrogen and oxygen atoms in total. The molecule has 13 heavy (non-hydrogen) atoms. The van der Waals surface area contributed by atoms with E-state index in [0.29, 0.717) is 15.8 Å². The maximum Gasteiger partial charge on any atom is 0.292 e. The Balaban J connectivity index is 3.36. The smallest absolute Gasteiger partial charge is 0.292 e. The number of rotatable bonds is 1. The number of hydrogen-bond acceptors (Lipinski definition) is 2. The van der Waals surface area contributed by atoms with Gasteiger partial charge in [0.2, 0.25) is 0 Å². The first-order valence-corrected chi connectivity index (χ1v) is 4.34. The Morgan fingerprint density at radius 3 is 2.38 bits per heavy atom. The number of ether oxygens (including phenoxy) is 1. The predicted octanol–water partition coefficient (Wildman–Crippen LogP) is 3.47. The summed E-state index contributed by atoms with van der Waals surface area (Å²) in [6.45, 7) is 3.65. The summed E-state index contributed by atoms with van der Waals surface area (Å²) >= 11 is 11.7. The first-order chi connectivity index (χ1) is 6.07. The van der Waals surface area contributed by atoms with Crippen molar-refractivity contribution in [3.05, 3.63) is 27.2 Å². The highest BCUT2D eigenvalue weighted by Crippen LogP contribution is 2.37. The molecule has 0 aliphatic heterocycles. The summed E-state index contributed by atoms with van der Waals surface area (Å²) in [6, 6.07) is 1.82. The zero-order chi connectivity index (χ0) is 10.0. The average Bonchev–Trinajstić information content (AvgIpc) is 2.09. The molecule has 1 aromatic carbocycles. The van der Waals surface area contributed by atoms with Crippen LogP contribution >= 0.6 is 23.2 Å². The third kappa shape index (κ3) is 1.88. The summed E-state index contributed by atoms with van der Waals surface area (Å²) in [4.78, 5) is 0. The number of aryl methyl sites for hydroxylation is 2. The zero-order valence-electron chi connectivity index (χ0n) is 7.19. The van der Waals surface area contributed by atoms with Gasteiger partial charge in [-0.2, -0.15) is 0 Å². The standard InChI is InChI=1S/C9H7Cl2NO/c1-5-3-6(2)9(13-4-12)8(11)7(5)10/h3H,1-2H3. The summed E-state index contributed by atoms with van der Waals surface area (Å²) in [5, 5.41) is 9.08. The van der Waals surface area contributed by atoms with Crippen molar-refractivity contribution in [1.82, 2.24) is 0 Å².